The van der Waals surface area contributed by atoms with Crippen molar-refractivity contribution in [1.82, 2.24) is 5.16 Å². The highest BCUT2D eigenvalue weighted by Crippen LogP contribution is 2.28. The summed E-state index contributed by atoms with van der Waals surface area (Å²) in [6.07, 6.45) is 1.21. The molecule has 0 bridgehead atoms. The molecule has 0 atom stereocenters. The molecule has 2 rings (SSSR count). The Hall–Kier alpha value is -2.17. The molecule has 1 aromatic carbocycles. The van der Waals surface area contributed by atoms with Gasteiger partial charge in [-0.15, -0.1) is 0 Å². The van der Waals surface area contributed by atoms with Gasteiger partial charge in [-0.25, -0.2) is 4.39 Å². The summed E-state index contributed by atoms with van der Waals surface area (Å²) in [6, 6.07) is 4.41. The third-order valence-electron chi connectivity index (χ3n) is 2.51. The van der Waals surface area contributed by atoms with Crippen LogP contribution in [0.3, 0.4) is 0 Å². The summed E-state index contributed by atoms with van der Waals surface area (Å²) in [5.41, 5.74) is 0.785. The van der Waals surface area contributed by atoms with Gasteiger partial charge in [-0.3, -0.25) is 4.79 Å². The fourth-order valence-corrected chi connectivity index (χ4v) is 1.69. The maximum atomic E-state index is 13.9. The second-order valence-corrected chi connectivity index (χ2v) is 4.44. The van der Waals surface area contributed by atoms with Gasteiger partial charge in [0.2, 0.25) is 0 Å². The quantitative estimate of drug-likeness (QED) is 0.792. The molecule has 0 fully saturated rings. The summed E-state index contributed by atoms with van der Waals surface area (Å²) in [5, 5.41) is 3.57. The molecule has 19 heavy (non-hydrogen) atoms. The number of aromatic nitrogens is 1. The normalized spacial score (nSPS) is 10.8. The van der Waals surface area contributed by atoms with Gasteiger partial charge in [0.1, 0.15) is 0 Å². The molecule has 0 aliphatic rings. The molecule has 0 aliphatic carbocycles. The number of rotatable bonds is 4. The Morgan fingerprint density at radius 3 is 2.74 bits per heavy atom. The molecule has 0 saturated carbocycles. The number of carbonyl (C=O) groups excluding carboxylic acids is 1. The predicted molar refractivity (Wildman–Crippen MR) is 67.7 cm³/mol. The average Bonchev–Trinajstić information content (AvgIpc) is 2.80. The SMILES string of the molecule is CC(=O)c1cnoc1-c1ccc(OC(C)C)c(F)c1. The minimum Gasteiger partial charge on any atom is -0.488 e. The van der Waals surface area contributed by atoms with Crippen molar-refractivity contribution in [2.75, 3.05) is 0 Å². The first kappa shape index (κ1) is 13.3. The number of hydrogen-bond acceptors (Lipinski definition) is 4. The summed E-state index contributed by atoms with van der Waals surface area (Å²) in [4.78, 5) is 11.4. The predicted octanol–water partition coefficient (Wildman–Crippen LogP) is 3.47. The van der Waals surface area contributed by atoms with Gasteiger partial charge >= 0.3 is 0 Å². The van der Waals surface area contributed by atoms with Gasteiger partial charge in [0, 0.05) is 5.56 Å². The van der Waals surface area contributed by atoms with Crippen molar-refractivity contribution < 1.29 is 18.4 Å². The van der Waals surface area contributed by atoms with Crippen LogP contribution >= 0.6 is 0 Å². The highest BCUT2D eigenvalue weighted by Gasteiger charge is 2.16. The molecule has 0 aliphatic heterocycles. The van der Waals surface area contributed by atoms with E-state index in [9.17, 15) is 9.18 Å². The standard InChI is InChI=1S/C14H14FNO3/c1-8(2)18-13-5-4-10(6-12(13)15)14-11(9(3)17)7-16-19-14/h4-8H,1-3H3. The first-order valence-electron chi connectivity index (χ1n) is 5.91. The molecule has 0 radical (unpaired) electrons. The van der Waals surface area contributed by atoms with Gasteiger partial charge in [-0.05, 0) is 39.0 Å². The van der Waals surface area contributed by atoms with Crippen molar-refractivity contribution >= 4 is 5.78 Å². The lowest BCUT2D eigenvalue weighted by molar-refractivity contribution is 0.101. The fourth-order valence-electron chi connectivity index (χ4n) is 1.69. The van der Waals surface area contributed by atoms with Gasteiger partial charge in [-0.2, -0.15) is 0 Å². The Morgan fingerprint density at radius 2 is 2.16 bits per heavy atom. The van der Waals surface area contributed by atoms with Crippen LogP contribution in [-0.2, 0) is 0 Å². The summed E-state index contributed by atoms with van der Waals surface area (Å²) in [5.74, 6) is -0.249. The van der Waals surface area contributed by atoms with Crippen LogP contribution in [0.5, 0.6) is 5.75 Å². The van der Waals surface area contributed by atoms with Crippen LogP contribution in [0.1, 0.15) is 31.1 Å². The average molecular weight is 263 g/mol. The lowest BCUT2D eigenvalue weighted by atomic mass is 10.1. The summed E-state index contributed by atoms with van der Waals surface area (Å²) in [6.45, 7) is 5.04. The lowest BCUT2D eigenvalue weighted by Crippen LogP contribution is -2.06. The number of halogens is 1. The molecule has 100 valence electrons. The highest BCUT2D eigenvalue weighted by molar-refractivity contribution is 5.99. The maximum absolute atomic E-state index is 13.9. The molecule has 1 aromatic heterocycles. The Labute approximate surface area is 110 Å². The monoisotopic (exact) mass is 263 g/mol. The van der Waals surface area contributed by atoms with E-state index < -0.39 is 5.82 Å². The van der Waals surface area contributed by atoms with Gasteiger partial charge in [0.05, 0.1) is 17.9 Å². The molecule has 5 heteroatoms. The zero-order valence-corrected chi connectivity index (χ0v) is 10.9. The van der Waals surface area contributed by atoms with Crippen LogP contribution in [0.2, 0.25) is 0 Å². The van der Waals surface area contributed by atoms with E-state index in [0.29, 0.717) is 11.1 Å². The first-order chi connectivity index (χ1) is 8.99. The van der Waals surface area contributed by atoms with Crippen molar-refractivity contribution in [3.63, 3.8) is 0 Å². The Bertz CT molecular complexity index is 604. The molecule has 0 saturated heterocycles. The van der Waals surface area contributed by atoms with Crippen LogP contribution in [-0.4, -0.2) is 17.0 Å². The van der Waals surface area contributed by atoms with E-state index in [-0.39, 0.29) is 23.4 Å². The van der Waals surface area contributed by atoms with E-state index in [1.807, 2.05) is 13.8 Å². The molecule has 0 N–H and O–H groups in total. The van der Waals surface area contributed by atoms with E-state index in [4.69, 9.17) is 9.26 Å². The number of carbonyl (C=O) groups is 1. The smallest absolute Gasteiger partial charge is 0.177 e. The van der Waals surface area contributed by atoms with Crippen molar-refractivity contribution in [1.29, 1.82) is 0 Å². The third-order valence-corrected chi connectivity index (χ3v) is 2.51. The van der Waals surface area contributed by atoms with E-state index in [2.05, 4.69) is 5.16 Å². The van der Waals surface area contributed by atoms with Crippen molar-refractivity contribution in [2.24, 2.45) is 0 Å². The van der Waals surface area contributed by atoms with Gasteiger partial charge < -0.3 is 9.26 Å². The van der Waals surface area contributed by atoms with E-state index in [1.165, 1.54) is 25.3 Å². The molecule has 4 nitrogen and oxygen atoms in total. The van der Waals surface area contributed by atoms with Gasteiger partial charge in [0.25, 0.3) is 0 Å². The molecular formula is C14H14FNO3. The molecule has 0 amide bonds. The minimum atomic E-state index is -0.503. The second kappa shape index (κ2) is 5.22. The number of Topliss-reactive ketones (excluding diaryl/α,β-unsaturated/α-hetero) is 1. The third kappa shape index (κ3) is 2.81. The molecule has 2 aromatic rings. The zero-order chi connectivity index (χ0) is 14.0. The van der Waals surface area contributed by atoms with Crippen LogP contribution in [0, 0.1) is 5.82 Å². The molecule has 1 heterocycles. The Kier molecular flexibility index (Phi) is 3.64. The van der Waals surface area contributed by atoms with Crippen molar-refractivity contribution in [2.45, 2.75) is 26.9 Å². The number of benzene rings is 1. The van der Waals surface area contributed by atoms with Gasteiger partial charge in [0.15, 0.2) is 23.1 Å². The Balaban J connectivity index is 2.39. The lowest BCUT2D eigenvalue weighted by Gasteiger charge is -2.10. The summed E-state index contributed by atoms with van der Waals surface area (Å²) >= 11 is 0. The van der Waals surface area contributed by atoms with Crippen LogP contribution in [0.15, 0.2) is 28.9 Å². The molecular weight excluding hydrogens is 249 g/mol. The molecule has 0 spiro atoms. The largest absolute Gasteiger partial charge is 0.488 e. The van der Waals surface area contributed by atoms with Crippen LogP contribution in [0.25, 0.3) is 11.3 Å². The number of hydrogen-bond donors (Lipinski definition) is 0. The highest BCUT2D eigenvalue weighted by atomic mass is 19.1. The second-order valence-electron chi connectivity index (χ2n) is 4.44. The summed E-state index contributed by atoms with van der Waals surface area (Å²) < 4.78 is 24.2. The van der Waals surface area contributed by atoms with E-state index in [0.717, 1.165) is 0 Å². The van der Waals surface area contributed by atoms with Crippen LogP contribution < -0.4 is 4.74 Å². The molecule has 0 unspecified atom stereocenters. The fraction of sp³-hybridized carbons (Fsp3) is 0.286. The maximum Gasteiger partial charge on any atom is 0.177 e. The van der Waals surface area contributed by atoms with Crippen molar-refractivity contribution in [3.05, 3.63) is 35.8 Å². The van der Waals surface area contributed by atoms with Gasteiger partial charge in [-0.1, -0.05) is 5.16 Å². The van der Waals surface area contributed by atoms with E-state index >= 15 is 0 Å². The number of ether oxygens (including phenoxy) is 1. The van der Waals surface area contributed by atoms with Crippen molar-refractivity contribution in [3.8, 4) is 17.1 Å². The zero-order valence-electron chi connectivity index (χ0n) is 10.9. The number of nitrogens with zero attached hydrogens (tertiary/aromatic N) is 1. The Morgan fingerprint density at radius 1 is 1.42 bits per heavy atom. The van der Waals surface area contributed by atoms with Crippen LogP contribution in [0.4, 0.5) is 4.39 Å². The number of ketones is 1. The first-order valence-corrected chi connectivity index (χ1v) is 5.91. The topological polar surface area (TPSA) is 52.3 Å². The minimum absolute atomic E-state index is 0.113. The van der Waals surface area contributed by atoms with E-state index in [1.54, 1.807) is 6.07 Å². The summed E-state index contributed by atoms with van der Waals surface area (Å²) in [7, 11) is 0.